The molecule has 5 nitrogen and oxygen atoms in total. The van der Waals surface area contributed by atoms with Crippen molar-refractivity contribution in [2.24, 2.45) is 0 Å². The molecule has 3 heterocycles. The molecule has 1 aromatic carbocycles. The van der Waals surface area contributed by atoms with Crippen LogP contribution in [0.25, 0.3) is 0 Å². The summed E-state index contributed by atoms with van der Waals surface area (Å²) in [6.07, 6.45) is 3.09. The van der Waals surface area contributed by atoms with Crippen molar-refractivity contribution in [2.75, 3.05) is 13.1 Å². The monoisotopic (exact) mass is 422 g/mol. The number of carbonyl (C=O) groups is 2. The lowest BCUT2D eigenvalue weighted by atomic mass is 9.93. The Hall–Kier alpha value is -2.86. The highest BCUT2D eigenvalue weighted by Gasteiger charge is 2.35. The fourth-order valence-corrected chi connectivity index (χ4v) is 4.91. The molecule has 156 valence electrons. The van der Waals surface area contributed by atoms with Crippen LogP contribution in [-0.2, 0) is 11.2 Å². The van der Waals surface area contributed by atoms with E-state index in [1.54, 1.807) is 28.4 Å². The smallest absolute Gasteiger partial charge is 0.290 e. The van der Waals surface area contributed by atoms with Gasteiger partial charge in [-0.1, -0.05) is 37.3 Å². The lowest BCUT2D eigenvalue weighted by molar-refractivity contribution is -0.134. The van der Waals surface area contributed by atoms with Crippen molar-refractivity contribution < 1.29 is 14.0 Å². The largest absolute Gasteiger partial charge is 0.459 e. The quantitative estimate of drug-likeness (QED) is 0.576. The van der Waals surface area contributed by atoms with Crippen LogP contribution in [0.15, 0.2) is 64.6 Å². The number of nitrogens with zero attached hydrogens (tertiary/aromatic N) is 2. The second-order valence-corrected chi connectivity index (χ2v) is 8.62. The topological polar surface area (TPSA) is 53.8 Å². The molecule has 2 amide bonds. The van der Waals surface area contributed by atoms with Gasteiger partial charge in [0.1, 0.15) is 6.54 Å². The number of carbonyl (C=O) groups excluding carboxylic acids is 2. The van der Waals surface area contributed by atoms with Crippen molar-refractivity contribution in [1.29, 1.82) is 0 Å². The molecule has 0 saturated heterocycles. The molecule has 2 unspecified atom stereocenters. The highest BCUT2D eigenvalue weighted by Crippen LogP contribution is 2.37. The molecule has 0 bridgehead atoms. The molecule has 1 aliphatic rings. The summed E-state index contributed by atoms with van der Waals surface area (Å²) in [5, 5.41) is 2.10. The normalized spacial score (nSPS) is 16.7. The van der Waals surface area contributed by atoms with Gasteiger partial charge in [-0.25, -0.2) is 0 Å². The second kappa shape index (κ2) is 8.88. The minimum atomic E-state index is -0.243. The fraction of sp³-hybridized carbons (Fsp3) is 0.333. The Morgan fingerprint density at radius 3 is 2.70 bits per heavy atom. The number of rotatable bonds is 6. The Morgan fingerprint density at radius 2 is 2.00 bits per heavy atom. The molecule has 0 N–H and O–H groups in total. The van der Waals surface area contributed by atoms with Crippen molar-refractivity contribution in [3.05, 3.63) is 81.9 Å². The van der Waals surface area contributed by atoms with Crippen LogP contribution in [0.2, 0.25) is 0 Å². The first-order valence-corrected chi connectivity index (χ1v) is 11.2. The molecule has 0 spiro atoms. The zero-order chi connectivity index (χ0) is 21.1. The zero-order valence-corrected chi connectivity index (χ0v) is 18.1. The van der Waals surface area contributed by atoms with E-state index in [0.717, 1.165) is 18.4 Å². The molecule has 1 aliphatic heterocycles. The maximum Gasteiger partial charge on any atom is 0.290 e. The summed E-state index contributed by atoms with van der Waals surface area (Å²) < 4.78 is 5.31. The van der Waals surface area contributed by atoms with Crippen molar-refractivity contribution in [3.63, 3.8) is 0 Å². The molecule has 6 heteroatoms. The van der Waals surface area contributed by atoms with Gasteiger partial charge in [-0.2, -0.15) is 0 Å². The molecule has 3 aromatic rings. The molecule has 30 heavy (non-hydrogen) atoms. The predicted octanol–water partition coefficient (Wildman–Crippen LogP) is 4.76. The van der Waals surface area contributed by atoms with Gasteiger partial charge in [0.25, 0.3) is 5.91 Å². The Kier molecular flexibility index (Phi) is 6.04. The van der Waals surface area contributed by atoms with Crippen LogP contribution < -0.4 is 0 Å². The second-order valence-electron chi connectivity index (χ2n) is 7.62. The summed E-state index contributed by atoms with van der Waals surface area (Å²) in [7, 11) is 0. The van der Waals surface area contributed by atoms with Gasteiger partial charge in [-0.15, -0.1) is 11.3 Å². The van der Waals surface area contributed by atoms with Gasteiger partial charge in [-0.05, 0) is 54.5 Å². The van der Waals surface area contributed by atoms with Crippen molar-refractivity contribution in [1.82, 2.24) is 9.80 Å². The van der Waals surface area contributed by atoms with E-state index in [9.17, 15) is 9.59 Å². The molecule has 0 saturated carbocycles. The number of amides is 2. The molecular formula is C24H26N2O3S. The van der Waals surface area contributed by atoms with Crippen molar-refractivity contribution >= 4 is 23.2 Å². The Bertz CT molecular complexity index is 997. The Morgan fingerprint density at radius 1 is 1.20 bits per heavy atom. The highest BCUT2D eigenvalue weighted by atomic mass is 32.1. The van der Waals surface area contributed by atoms with Gasteiger partial charge in [0.15, 0.2) is 5.76 Å². The molecule has 2 aromatic heterocycles. The summed E-state index contributed by atoms with van der Waals surface area (Å²) in [6.45, 7) is 4.67. The highest BCUT2D eigenvalue weighted by molar-refractivity contribution is 7.10. The van der Waals surface area contributed by atoms with E-state index < -0.39 is 0 Å². The van der Waals surface area contributed by atoms with Crippen LogP contribution in [0.4, 0.5) is 0 Å². The van der Waals surface area contributed by atoms with Gasteiger partial charge < -0.3 is 14.2 Å². The summed E-state index contributed by atoms with van der Waals surface area (Å²) in [4.78, 5) is 31.4. The third-order valence-electron chi connectivity index (χ3n) is 5.82. The van der Waals surface area contributed by atoms with E-state index in [4.69, 9.17) is 4.42 Å². The third kappa shape index (κ3) is 3.92. The summed E-state index contributed by atoms with van der Waals surface area (Å²) in [6, 6.07) is 15.4. The van der Waals surface area contributed by atoms with E-state index in [1.165, 1.54) is 16.7 Å². The minimum Gasteiger partial charge on any atom is -0.459 e. The van der Waals surface area contributed by atoms with Gasteiger partial charge in [-0.3, -0.25) is 9.59 Å². The van der Waals surface area contributed by atoms with Crippen LogP contribution >= 0.6 is 11.3 Å². The van der Waals surface area contributed by atoms with Gasteiger partial charge in [0.05, 0.1) is 12.3 Å². The van der Waals surface area contributed by atoms with Crippen LogP contribution in [0.5, 0.6) is 0 Å². The van der Waals surface area contributed by atoms with Crippen molar-refractivity contribution in [3.8, 4) is 0 Å². The summed E-state index contributed by atoms with van der Waals surface area (Å²) >= 11 is 1.75. The number of hydrogen-bond acceptors (Lipinski definition) is 4. The molecule has 0 radical (unpaired) electrons. The summed E-state index contributed by atoms with van der Waals surface area (Å²) in [5.41, 5.74) is 2.29. The standard InChI is InChI=1S/C24H26N2O3S/c1-3-17(2)26(24(28)20-10-7-14-29-20)16-22(27)25-13-11-21-19(12-15-30-21)23(25)18-8-5-4-6-9-18/h4-10,12,14-15,17,23H,3,11,13,16H2,1-2H3. The Balaban J connectivity index is 1.62. The first-order valence-electron chi connectivity index (χ1n) is 10.3. The number of hydrogen-bond donors (Lipinski definition) is 0. The Labute approximate surface area is 180 Å². The number of furan rings is 1. The predicted molar refractivity (Wildman–Crippen MR) is 118 cm³/mol. The van der Waals surface area contributed by atoms with E-state index in [0.29, 0.717) is 6.54 Å². The molecule has 2 atom stereocenters. The lowest BCUT2D eigenvalue weighted by Gasteiger charge is -2.38. The first-order chi connectivity index (χ1) is 14.6. The van der Waals surface area contributed by atoms with Gasteiger partial charge >= 0.3 is 0 Å². The van der Waals surface area contributed by atoms with Crippen LogP contribution in [0, 0.1) is 0 Å². The molecule has 4 rings (SSSR count). The van der Waals surface area contributed by atoms with Gasteiger partial charge in [0.2, 0.25) is 5.91 Å². The molecule has 0 aliphatic carbocycles. The molecular weight excluding hydrogens is 396 g/mol. The van der Waals surface area contributed by atoms with E-state index in [2.05, 4.69) is 23.6 Å². The third-order valence-corrected chi connectivity index (χ3v) is 6.82. The number of thiophene rings is 1. The SMILES string of the molecule is CCC(C)N(CC(=O)N1CCc2sccc2C1c1ccccc1)C(=O)c1ccco1. The van der Waals surface area contributed by atoms with Crippen LogP contribution in [-0.4, -0.2) is 40.7 Å². The maximum absolute atomic E-state index is 13.5. The fourth-order valence-electron chi connectivity index (χ4n) is 4.01. The van der Waals surface area contributed by atoms with E-state index in [1.807, 2.05) is 36.9 Å². The number of fused-ring (bicyclic) bond motifs is 1. The number of benzene rings is 1. The molecule has 0 fully saturated rings. The van der Waals surface area contributed by atoms with Gasteiger partial charge in [0, 0.05) is 17.5 Å². The van der Waals surface area contributed by atoms with Crippen molar-refractivity contribution in [2.45, 2.75) is 38.8 Å². The minimum absolute atomic E-state index is 0.0390. The zero-order valence-electron chi connectivity index (χ0n) is 17.3. The van der Waals surface area contributed by atoms with Crippen LogP contribution in [0.3, 0.4) is 0 Å². The van der Waals surface area contributed by atoms with Crippen LogP contribution in [0.1, 0.15) is 52.9 Å². The average Bonchev–Trinajstić information content (AvgIpc) is 3.48. The lowest BCUT2D eigenvalue weighted by Crippen LogP contribution is -2.49. The first kappa shape index (κ1) is 20.4. The summed E-state index contributed by atoms with van der Waals surface area (Å²) in [5.74, 6) is -0.0189. The van der Waals surface area contributed by atoms with E-state index in [-0.39, 0.29) is 36.2 Å². The van der Waals surface area contributed by atoms with E-state index >= 15 is 0 Å². The average molecular weight is 423 g/mol. The maximum atomic E-state index is 13.5.